The third-order valence-electron chi connectivity index (χ3n) is 2.88. The molecule has 2 aromatic rings. The number of furan rings is 1. The van der Waals surface area contributed by atoms with Gasteiger partial charge in [0.05, 0.1) is 16.6 Å². The lowest BCUT2D eigenvalue weighted by molar-refractivity contribution is -0.384. The van der Waals surface area contributed by atoms with Gasteiger partial charge >= 0.3 is 6.03 Å². The van der Waals surface area contributed by atoms with Crippen molar-refractivity contribution in [3.63, 3.8) is 0 Å². The van der Waals surface area contributed by atoms with E-state index >= 15 is 0 Å². The Hall–Kier alpha value is -3.53. The lowest BCUT2D eigenvalue weighted by atomic mass is 10.1. The molecule has 3 amide bonds. The van der Waals surface area contributed by atoms with E-state index in [1.807, 2.05) is 5.32 Å². The number of imide groups is 1. The van der Waals surface area contributed by atoms with Gasteiger partial charge in [-0.25, -0.2) is 4.79 Å². The number of nitro benzene ring substituents is 1. The highest BCUT2D eigenvalue weighted by Crippen LogP contribution is 2.24. The fourth-order valence-electron chi connectivity index (χ4n) is 1.76. The molecule has 10 heteroatoms. The zero-order chi connectivity index (χ0) is 20.7. The van der Waals surface area contributed by atoms with Gasteiger partial charge in [-0.2, -0.15) is 10.1 Å². The van der Waals surface area contributed by atoms with Crippen molar-refractivity contribution < 1.29 is 29.5 Å². The van der Waals surface area contributed by atoms with Crippen LogP contribution in [0.1, 0.15) is 11.2 Å². The van der Waals surface area contributed by atoms with Gasteiger partial charge in [0, 0.05) is 17.6 Å². The maximum Gasteiger partial charge on any atom is 0.347 e. The molecule has 1 aromatic heterocycles. The summed E-state index contributed by atoms with van der Waals surface area (Å²) in [6.45, 7) is 0. The summed E-state index contributed by atoms with van der Waals surface area (Å²) in [5.74, 6) is -1.09. The zero-order valence-electron chi connectivity index (χ0n) is 15.6. The molecule has 0 spiro atoms. The second-order valence-electron chi connectivity index (χ2n) is 4.44. The SMILES string of the molecule is [2H]c1c([2H])c([N+](=O)[O-])c([2H])c([2H])c1-c1ccc(C=NN2C(=O)NC(=O)C2O)o1. The van der Waals surface area contributed by atoms with Gasteiger partial charge in [0.2, 0.25) is 6.23 Å². The van der Waals surface area contributed by atoms with Crippen molar-refractivity contribution in [1.29, 1.82) is 0 Å². The highest BCUT2D eigenvalue weighted by Gasteiger charge is 2.37. The molecule has 1 aliphatic rings. The van der Waals surface area contributed by atoms with Gasteiger partial charge in [-0.15, -0.1) is 0 Å². The predicted octanol–water partition coefficient (Wildman–Crippen LogP) is 1.06. The maximum atomic E-state index is 11.4. The average Bonchev–Trinajstić information content (AvgIpc) is 3.17. The minimum Gasteiger partial charge on any atom is -0.455 e. The number of benzene rings is 1. The molecule has 2 N–H and O–H groups in total. The second-order valence-corrected chi connectivity index (χ2v) is 4.44. The second kappa shape index (κ2) is 5.93. The molecule has 1 saturated heterocycles. The Labute approximate surface area is 139 Å². The Morgan fingerprint density at radius 1 is 1.38 bits per heavy atom. The first-order chi connectivity index (χ1) is 13.1. The topological polar surface area (TPSA) is 138 Å². The van der Waals surface area contributed by atoms with E-state index in [0.29, 0.717) is 5.01 Å². The molecule has 122 valence electrons. The van der Waals surface area contributed by atoms with E-state index in [-0.39, 0.29) is 17.1 Å². The Kier molecular flexibility index (Phi) is 2.74. The molecular formula is C14H10N4O6. The number of hydrogen-bond acceptors (Lipinski definition) is 7. The van der Waals surface area contributed by atoms with Crippen molar-refractivity contribution in [3.8, 4) is 11.3 Å². The van der Waals surface area contributed by atoms with Gasteiger partial charge in [-0.1, -0.05) is 0 Å². The number of nitrogens with zero attached hydrogens (tertiary/aromatic N) is 3. The van der Waals surface area contributed by atoms with Crippen molar-refractivity contribution in [3.05, 3.63) is 52.2 Å². The largest absolute Gasteiger partial charge is 0.455 e. The molecule has 1 aromatic carbocycles. The number of nitrogens with one attached hydrogen (secondary N) is 1. The van der Waals surface area contributed by atoms with Crippen molar-refractivity contribution in [1.82, 2.24) is 10.3 Å². The first-order valence-electron chi connectivity index (χ1n) is 8.34. The van der Waals surface area contributed by atoms with Gasteiger partial charge in [0.15, 0.2) is 0 Å². The van der Waals surface area contributed by atoms with Crippen LogP contribution in [0.2, 0.25) is 0 Å². The number of aliphatic hydroxyl groups excluding tert-OH is 1. The van der Waals surface area contributed by atoms with Crippen molar-refractivity contribution in [2.75, 3.05) is 0 Å². The maximum absolute atomic E-state index is 11.4. The molecule has 3 rings (SSSR count). The lowest BCUT2D eigenvalue weighted by Crippen LogP contribution is -2.30. The Morgan fingerprint density at radius 2 is 2.08 bits per heavy atom. The number of rotatable bonds is 4. The normalized spacial score (nSPS) is 19.9. The van der Waals surface area contributed by atoms with Gasteiger partial charge in [-0.3, -0.25) is 20.2 Å². The van der Waals surface area contributed by atoms with E-state index in [1.165, 1.54) is 12.1 Å². The van der Waals surface area contributed by atoms with Crippen LogP contribution in [-0.2, 0) is 4.79 Å². The van der Waals surface area contributed by atoms with E-state index in [2.05, 4.69) is 5.10 Å². The smallest absolute Gasteiger partial charge is 0.347 e. The molecule has 1 unspecified atom stereocenters. The van der Waals surface area contributed by atoms with Crippen LogP contribution in [0.15, 0.2) is 45.8 Å². The summed E-state index contributed by atoms with van der Waals surface area (Å²) in [6.07, 6.45) is -0.823. The van der Waals surface area contributed by atoms with Crippen LogP contribution < -0.4 is 5.32 Å². The number of hydrogen-bond donors (Lipinski definition) is 2. The quantitative estimate of drug-likeness (QED) is 0.371. The lowest BCUT2D eigenvalue weighted by Gasteiger charge is -2.08. The van der Waals surface area contributed by atoms with E-state index in [9.17, 15) is 24.8 Å². The van der Waals surface area contributed by atoms with Crippen molar-refractivity contribution >= 4 is 23.8 Å². The summed E-state index contributed by atoms with van der Waals surface area (Å²) in [7, 11) is 0. The Balaban J connectivity index is 1.97. The number of carbonyl (C=O) groups is 2. The molecule has 1 aliphatic heterocycles. The summed E-state index contributed by atoms with van der Waals surface area (Å²) in [6, 6.07) is -1.34. The zero-order valence-corrected chi connectivity index (χ0v) is 11.6. The van der Waals surface area contributed by atoms with E-state index in [4.69, 9.17) is 9.90 Å². The number of hydrazone groups is 1. The number of urea groups is 1. The number of aliphatic hydroxyl groups is 1. The minimum atomic E-state index is -1.80. The van der Waals surface area contributed by atoms with Crippen LogP contribution in [0.25, 0.3) is 11.3 Å². The molecular weight excluding hydrogens is 320 g/mol. The minimum absolute atomic E-state index is 0.00966. The molecule has 0 radical (unpaired) electrons. The standard InChI is InChI=1S/C14H10N4O6/c19-12-13(20)17(14(21)16-12)15-7-10-5-6-11(24-10)8-1-3-9(4-2-8)18(22)23/h1-7,13,20H,(H,16,19,21)/i1D,2D,3D,4D. The molecule has 1 fully saturated rings. The first kappa shape index (κ1) is 11.1. The van der Waals surface area contributed by atoms with Gasteiger partial charge in [0.1, 0.15) is 11.5 Å². The third kappa shape index (κ3) is 2.85. The predicted molar refractivity (Wildman–Crippen MR) is 79.8 cm³/mol. The molecule has 10 nitrogen and oxygen atoms in total. The fraction of sp³-hybridized carbons (Fsp3) is 0.0714. The number of amides is 3. The van der Waals surface area contributed by atoms with E-state index in [0.717, 1.165) is 6.21 Å². The van der Waals surface area contributed by atoms with E-state index < -0.39 is 52.9 Å². The summed E-state index contributed by atoms with van der Waals surface area (Å²) in [5, 5.41) is 26.4. The molecule has 2 heterocycles. The molecule has 0 saturated carbocycles. The Morgan fingerprint density at radius 3 is 2.67 bits per heavy atom. The fourth-order valence-corrected chi connectivity index (χ4v) is 1.76. The first-order valence-corrected chi connectivity index (χ1v) is 6.34. The highest BCUT2D eigenvalue weighted by atomic mass is 16.6. The van der Waals surface area contributed by atoms with Gasteiger partial charge < -0.3 is 9.52 Å². The molecule has 24 heavy (non-hydrogen) atoms. The number of carbonyl (C=O) groups excluding carboxylic acids is 2. The molecule has 1 atom stereocenters. The van der Waals surface area contributed by atoms with E-state index in [1.54, 1.807) is 0 Å². The molecule has 0 bridgehead atoms. The highest BCUT2D eigenvalue weighted by molar-refractivity contribution is 6.03. The number of nitro groups is 1. The van der Waals surface area contributed by atoms with Crippen molar-refractivity contribution in [2.45, 2.75) is 6.23 Å². The summed E-state index contributed by atoms with van der Waals surface area (Å²) < 4.78 is 36.6. The summed E-state index contributed by atoms with van der Waals surface area (Å²) in [4.78, 5) is 32.6. The third-order valence-corrected chi connectivity index (χ3v) is 2.88. The van der Waals surface area contributed by atoms with Gasteiger partial charge in [0.25, 0.3) is 11.6 Å². The van der Waals surface area contributed by atoms with Crippen molar-refractivity contribution in [2.24, 2.45) is 5.10 Å². The van der Waals surface area contributed by atoms with Crippen LogP contribution in [0, 0.1) is 10.1 Å². The molecule has 0 aliphatic carbocycles. The average molecular weight is 334 g/mol. The van der Waals surface area contributed by atoms with Crippen LogP contribution in [0.5, 0.6) is 0 Å². The summed E-state index contributed by atoms with van der Waals surface area (Å²) >= 11 is 0. The van der Waals surface area contributed by atoms with Crippen LogP contribution in [-0.4, -0.2) is 39.4 Å². The summed E-state index contributed by atoms with van der Waals surface area (Å²) in [5.41, 5.74) is -1.25. The monoisotopic (exact) mass is 334 g/mol. The van der Waals surface area contributed by atoms with Crippen LogP contribution in [0.4, 0.5) is 10.5 Å². The van der Waals surface area contributed by atoms with Crippen LogP contribution in [0.3, 0.4) is 0 Å². The van der Waals surface area contributed by atoms with Gasteiger partial charge in [-0.05, 0) is 24.2 Å². The Bertz CT molecular complexity index is 1020. The van der Waals surface area contributed by atoms with Crippen LogP contribution >= 0.6 is 0 Å².